The molecule has 0 N–H and O–H groups in total. The van der Waals surface area contributed by atoms with Gasteiger partial charge in [-0.1, -0.05) is 60.7 Å². The Bertz CT molecular complexity index is 1770. The van der Waals surface area contributed by atoms with E-state index in [9.17, 15) is 25.4 Å². The van der Waals surface area contributed by atoms with E-state index in [0.717, 1.165) is 11.1 Å². The lowest BCUT2D eigenvalue weighted by Crippen LogP contribution is -2.02. The Hall–Kier alpha value is -6.08. The van der Waals surface area contributed by atoms with Crippen molar-refractivity contribution >= 4 is 0 Å². The third-order valence-corrected chi connectivity index (χ3v) is 6.35. The highest BCUT2D eigenvalue weighted by Gasteiger charge is 2.23. The van der Waals surface area contributed by atoms with Gasteiger partial charge in [-0.25, -0.2) is 9.37 Å². The largest absolute Gasteiger partial charge is 0.245 e. The lowest BCUT2D eigenvalue weighted by Gasteiger charge is -2.16. The molecule has 0 saturated carbocycles. The van der Waals surface area contributed by atoms with Gasteiger partial charge in [0.05, 0.1) is 45.8 Å². The number of rotatable bonds is 4. The number of benzene rings is 4. The summed E-state index contributed by atoms with van der Waals surface area (Å²) in [5.74, 6) is -0.324. The van der Waals surface area contributed by atoms with Crippen LogP contribution in [0.25, 0.3) is 44.8 Å². The van der Waals surface area contributed by atoms with Gasteiger partial charge in [0.1, 0.15) is 18.0 Å². The molecule has 1 aromatic heterocycles. The average molecular weight is 502 g/mol. The van der Waals surface area contributed by atoms with Gasteiger partial charge < -0.3 is 0 Å². The van der Waals surface area contributed by atoms with Gasteiger partial charge in [-0.15, -0.1) is 0 Å². The molecule has 0 aliphatic carbocycles. The third kappa shape index (κ3) is 4.71. The first-order valence-corrected chi connectivity index (χ1v) is 11.8. The molecule has 0 saturated heterocycles. The molecule has 1 heterocycles. The predicted molar refractivity (Wildman–Crippen MR) is 145 cm³/mol. The molecule has 0 aliphatic rings. The molecule has 0 bridgehead atoms. The first-order chi connectivity index (χ1) is 19.1. The summed E-state index contributed by atoms with van der Waals surface area (Å²) in [5, 5.41) is 39.1. The monoisotopic (exact) mass is 501 g/mol. The van der Waals surface area contributed by atoms with Gasteiger partial charge in [0.2, 0.25) is 0 Å². The molecule has 5 rings (SSSR count). The van der Waals surface area contributed by atoms with Gasteiger partial charge in [0, 0.05) is 16.7 Å². The minimum atomic E-state index is -0.324. The highest BCUT2D eigenvalue weighted by atomic mass is 19.1. The number of halogens is 1. The smallest absolute Gasteiger partial charge is 0.123 e. The highest BCUT2D eigenvalue weighted by molar-refractivity contribution is 5.90. The predicted octanol–water partition coefficient (Wildman–Crippen LogP) is 7.38. The summed E-state index contributed by atoms with van der Waals surface area (Å²) in [5.41, 5.74) is 6.12. The maximum atomic E-state index is 13.4. The van der Waals surface area contributed by atoms with Crippen molar-refractivity contribution in [3.63, 3.8) is 0 Å². The van der Waals surface area contributed by atoms with Gasteiger partial charge in [0.25, 0.3) is 0 Å². The van der Waals surface area contributed by atoms with E-state index in [1.807, 2.05) is 24.3 Å². The number of nitriles is 4. The lowest BCUT2D eigenvalue weighted by molar-refractivity contribution is 0.628. The maximum Gasteiger partial charge on any atom is 0.123 e. The third-order valence-electron chi connectivity index (χ3n) is 6.35. The summed E-state index contributed by atoms with van der Waals surface area (Å²) in [7, 11) is 0. The van der Waals surface area contributed by atoms with Crippen LogP contribution in [0.2, 0.25) is 0 Å². The number of hydrogen-bond acceptors (Lipinski definition) is 5. The van der Waals surface area contributed by atoms with Crippen molar-refractivity contribution in [1.82, 2.24) is 4.98 Å². The van der Waals surface area contributed by atoms with E-state index in [2.05, 4.69) is 24.3 Å². The van der Waals surface area contributed by atoms with E-state index in [1.165, 1.54) is 12.1 Å². The van der Waals surface area contributed by atoms with E-state index < -0.39 is 0 Å². The minimum Gasteiger partial charge on any atom is -0.245 e. The van der Waals surface area contributed by atoms with Gasteiger partial charge in [-0.05, 0) is 53.1 Å². The van der Waals surface area contributed by atoms with Gasteiger partial charge >= 0.3 is 0 Å². The molecule has 39 heavy (non-hydrogen) atoms. The van der Waals surface area contributed by atoms with Crippen molar-refractivity contribution in [1.29, 1.82) is 21.0 Å². The topological polar surface area (TPSA) is 108 Å². The van der Waals surface area contributed by atoms with Crippen molar-refractivity contribution < 1.29 is 4.39 Å². The Labute approximate surface area is 224 Å². The SMILES string of the molecule is N#Cc1ccc(-c2nc(-c3ccc(C#N)cc3)c(C#N)c(-c3ccc(-c4ccc(F)cc4)cc3)c2C#N)cc1. The molecule has 180 valence electrons. The molecule has 0 unspecified atom stereocenters. The van der Waals surface area contributed by atoms with Crippen molar-refractivity contribution in [2.24, 2.45) is 0 Å². The van der Waals surface area contributed by atoms with E-state index in [0.29, 0.717) is 44.8 Å². The number of aromatic nitrogens is 1. The van der Waals surface area contributed by atoms with Crippen molar-refractivity contribution in [2.75, 3.05) is 0 Å². The molecule has 4 aromatic carbocycles. The number of nitrogens with zero attached hydrogens (tertiary/aromatic N) is 5. The second kappa shape index (κ2) is 10.5. The zero-order valence-electron chi connectivity index (χ0n) is 20.4. The fraction of sp³-hybridized carbons (Fsp3) is 0. The first kappa shape index (κ1) is 24.6. The normalized spacial score (nSPS) is 10.1. The van der Waals surface area contributed by atoms with Gasteiger partial charge in [-0.2, -0.15) is 21.0 Å². The van der Waals surface area contributed by atoms with Crippen LogP contribution < -0.4 is 0 Å². The lowest BCUT2D eigenvalue weighted by atomic mass is 9.89. The molecule has 0 fully saturated rings. The van der Waals surface area contributed by atoms with Crippen LogP contribution in [0, 0.1) is 51.1 Å². The van der Waals surface area contributed by atoms with Crippen molar-refractivity contribution in [3.05, 3.63) is 125 Å². The molecule has 5 nitrogen and oxygen atoms in total. The van der Waals surface area contributed by atoms with E-state index in [1.54, 1.807) is 60.7 Å². The molecule has 0 atom stereocenters. The van der Waals surface area contributed by atoms with Crippen LogP contribution in [0.15, 0.2) is 97.1 Å². The summed E-state index contributed by atoms with van der Waals surface area (Å²) >= 11 is 0. The molecule has 0 amide bonds. The average Bonchev–Trinajstić information content (AvgIpc) is 3.00. The summed E-state index contributed by atoms with van der Waals surface area (Å²) in [6, 6.07) is 35.6. The molecule has 0 aliphatic heterocycles. The van der Waals surface area contributed by atoms with Crippen LogP contribution >= 0.6 is 0 Å². The molecule has 0 radical (unpaired) electrons. The van der Waals surface area contributed by atoms with E-state index in [4.69, 9.17) is 4.98 Å². The number of hydrogen-bond donors (Lipinski definition) is 0. The minimum absolute atomic E-state index is 0.225. The summed E-state index contributed by atoms with van der Waals surface area (Å²) in [6.07, 6.45) is 0. The van der Waals surface area contributed by atoms with Crippen LogP contribution in [-0.2, 0) is 0 Å². The van der Waals surface area contributed by atoms with Crippen molar-refractivity contribution in [3.8, 4) is 69.0 Å². The maximum absolute atomic E-state index is 13.4. The Morgan fingerprint density at radius 1 is 0.436 bits per heavy atom. The fourth-order valence-electron chi connectivity index (χ4n) is 4.39. The van der Waals surface area contributed by atoms with Gasteiger partial charge in [0.15, 0.2) is 0 Å². The fourth-order valence-corrected chi connectivity index (χ4v) is 4.39. The van der Waals surface area contributed by atoms with Crippen LogP contribution in [0.4, 0.5) is 4.39 Å². The summed E-state index contributed by atoms with van der Waals surface area (Å²) < 4.78 is 13.4. The second-order valence-electron chi connectivity index (χ2n) is 8.62. The first-order valence-electron chi connectivity index (χ1n) is 11.8. The Balaban J connectivity index is 1.77. The van der Waals surface area contributed by atoms with E-state index in [-0.39, 0.29) is 16.9 Å². The Morgan fingerprint density at radius 2 is 0.795 bits per heavy atom. The Kier molecular flexibility index (Phi) is 6.62. The molecule has 0 spiro atoms. The highest BCUT2D eigenvalue weighted by Crippen LogP contribution is 2.39. The van der Waals surface area contributed by atoms with Crippen LogP contribution in [0.5, 0.6) is 0 Å². The van der Waals surface area contributed by atoms with Gasteiger partial charge in [-0.3, -0.25) is 0 Å². The van der Waals surface area contributed by atoms with Crippen LogP contribution in [0.3, 0.4) is 0 Å². The standard InChI is InChI=1S/C33H16FN5/c34-28-15-13-24(14-16-28)23-9-11-25(12-10-23)31-29(19-37)32(26-5-1-21(17-35)2-6-26)39-33(30(31)20-38)27-7-3-22(18-36)4-8-27/h1-16H. The zero-order chi connectivity index (χ0) is 27.4. The summed E-state index contributed by atoms with van der Waals surface area (Å²) in [6.45, 7) is 0. The molecule has 6 heteroatoms. The second-order valence-corrected chi connectivity index (χ2v) is 8.62. The van der Waals surface area contributed by atoms with E-state index >= 15 is 0 Å². The summed E-state index contributed by atoms with van der Waals surface area (Å²) in [4.78, 5) is 4.78. The zero-order valence-corrected chi connectivity index (χ0v) is 20.4. The quantitative estimate of drug-likeness (QED) is 0.255. The molecular formula is C33H16FN5. The van der Waals surface area contributed by atoms with Crippen LogP contribution in [0.1, 0.15) is 22.3 Å². The molecule has 5 aromatic rings. The van der Waals surface area contributed by atoms with Crippen molar-refractivity contribution in [2.45, 2.75) is 0 Å². The number of pyridine rings is 1. The Morgan fingerprint density at radius 3 is 1.18 bits per heavy atom. The molecular weight excluding hydrogens is 485 g/mol. The van der Waals surface area contributed by atoms with Crippen LogP contribution in [-0.4, -0.2) is 4.98 Å².